The van der Waals surface area contributed by atoms with Gasteiger partial charge in [0.2, 0.25) is 5.91 Å². The zero-order valence-corrected chi connectivity index (χ0v) is 13.3. The third-order valence-corrected chi connectivity index (χ3v) is 3.18. The molecule has 20 heavy (non-hydrogen) atoms. The molecule has 1 amide bonds. The summed E-state index contributed by atoms with van der Waals surface area (Å²) in [6.07, 6.45) is 0.905. The zero-order valence-electron chi connectivity index (χ0n) is 12.5. The van der Waals surface area contributed by atoms with E-state index in [1.807, 2.05) is 24.8 Å². The van der Waals surface area contributed by atoms with Crippen LogP contribution in [0.2, 0.25) is 0 Å². The lowest BCUT2D eigenvalue weighted by atomic mass is 10.1. The van der Waals surface area contributed by atoms with Gasteiger partial charge < -0.3 is 16.0 Å². The molecular weight excluding hydrogens is 272 g/mol. The first-order valence-corrected chi connectivity index (χ1v) is 7.05. The van der Waals surface area contributed by atoms with E-state index in [0.29, 0.717) is 10.8 Å². The molecule has 0 aliphatic heterocycles. The van der Waals surface area contributed by atoms with Gasteiger partial charge in [0, 0.05) is 19.3 Å². The second kappa shape index (κ2) is 7.19. The molecule has 0 aliphatic carbocycles. The fraction of sp³-hybridized carbons (Fsp3) is 0.500. The van der Waals surface area contributed by atoms with Crippen LogP contribution in [0.15, 0.2) is 6.07 Å². The van der Waals surface area contributed by atoms with Gasteiger partial charge in [-0.1, -0.05) is 19.1 Å². The molecule has 0 aliphatic rings. The summed E-state index contributed by atoms with van der Waals surface area (Å²) in [4.78, 5) is 18.4. The molecule has 0 bridgehead atoms. The van der Waals surface area contributed by atoms with Gasteiger partial charge in [-0.25, -0.2) is 4.98 Å². The second-order valence-electron chi connectivity index (χ2n) is 4.74. The lowest BCUT2D eigenvalue weighted by Gasteiger charge is -2.25. The van der Waals surface area contributed by atoms with Crippen molar-refractivity contribution >= 4 is 28.9 Å². The molecule has 0 saturated carbocycles. The summed E-state index contributed by atoms with van der Waals surface area (Å²) in [7, 11) is 1.62. The van der Waals surface area contributed by atoms with Crippen molar-refractivity contribution in [3.63, 3.8) is 0 Å². The number of likely N-dealkylation sites (N-methyl/N-ethyl adjacent to an activating group) is 1. The minimum absolute atomic E-state index is 0.0618. The molecule has 1 heterocycles. The number of nitrogens with two attached hydrogens (primary N) is 1. The number of aryl methyl sites for hydroxylation is 2. The Balaban J connectivity index is 3.30. The number of hydrogen-bond donors (Lipinski definition) is 2. The standard InChI is InChI=1S/C14H22N4OS/c1-5-6-18(8-11(19)16-4)14-12(13(15)20)9(2)7-10(3)17-14/h7H,5-6,8H2,1-4H3,(H2,15,20)(H,16,19). The number of thiocarbonyl (C=S) groups is 1. The van der Waals surface area contributed by atoms with Gasteiger partial charge in [-0.2, -0.15) is 0 Å². The van der Waals surface area contributed by atoms with Crippen molar-refractivity contribution in [2.75, 3.05) is 25.0 Å². The lowest BCUT2D eigenvalue weighted by molar-refractivity contribution is -0.119. The highest BCUT2D eigenvalue weighted by atomic mass is 32.1. The first kappa shape index (κ1) is 16.4. The van der Waals surface area contributed by atoms with Crippen LogP contribution in [0.3, 0.4) is 0 Å². The van der Waals surface area contributed by atoms with Crippen molar-refractivity contribution in [2.45, 2.75) is 27.2 Å². The van der Waals surface area contributed by atoms with Gasteiger partial charge in [0.25, 0.3) is 0 Å². The Hall–Kier alpha value is -1.69. The molecule has 0 atom stereocenters. The number of rotatable bonds is 6. The van der Waals surface area contributed by atoms with Gasteiger partial charge in [0.15, 0.2) is 0 Å². The highest BCUT2D eigenvalue weighted by molar-refractivity contribution is 7.80. The van der Waals surface area contributed by atoms with E-state index in [1.165, 1.54) is 0 Å². The van der Waals surface area contributed by atoms with E-state index in [1.54, 1.807) is 7.05 Å². The predicted molar refractivity (Wildman–Crippen MR) is 86.2 cm³/mol. The summed E-state index contributed by atoms with van der Waals surface area (Å²) in [5.74, 6) is 0.633. The van der Waals surface area contributed by atoms with Crippen molar-refractivity contribution in [3.8, 4) is 0 Å². The van der Waals surface area contributed by atoms with Crippen molar-refractivity contribution in [1.29, 1.82) is 0 Å². The number of aromatic nitrogens is 1. The van der Waals surface area contributed by atoms with Crippen LogP contribution in [-0.2, 0) is 4.79 Å². The molecular formula is C14H22N4OS. The zero-order chi connectivity index (χ0) is 15.3. The fourth-order valence-corrected chi connectivity index (χ4v) is 2.38. The van der Waals surface area contributed by atoms with Gasteiger partial charge in [-0.3, -0.25) is 4.79 Å². The molecule has 0 fully saturated rings. The fourth-order valence-electron chi connectivity index (χ4n) is 2.13. The van der Waals surface area contributed by atoms with E-state index in [2.05, 4.69) is 17.2 Å². The van der Waals surface area contributed by atoms with Crippen LogP contribution in [0.1, 0.15) is 30.2 Å². The van der Waals surface area contributed by atoms with E-state index in [-0.39, 0.29) is 12.5 Å². The highest BCUT2D eigenvalue weighted by Crippen LogP contribution is 2.22. The number of carbonyl (C=O) groups is 1. The average molecular weight is 294 g/mol. The summed E-state index contributed by atoms with van der Waals surface area (Å²) in [6, 6.07) is 1.95. The number of amides is 1. The predicted octanol–water partition coefficient (Wildman–Crippen LogP) is 1.30. The maximum absolute atomic E-state index is 11.7. The molecule has 0 saturated heterocycles. The number of hydrogen-bond acceptors (Lipinski definition) is 4. The second-order valence-corrected chi connectivity index (χ2v) is 5.18. The third-order valence-electron chi connectivity index (χ3n) is 2.98. The third kappa shape index (κ3) is 3.90. The average Bonchev–Trinajstić information content (AvgIpc) is 2.36. The molecule has 0 aromatic carbocycles. The van der Waals surface area contributed by atoms with E-state index in [0.717, 1.165) is 29.8 Å². The van der Waals surface area contributed by atoms with E-state index in [9.17, 15) is 4.79 Å². The minimum atomic E-state index is -0.0618. The molecule has 1 aromatic heterocycles. The Morgan fingerprint density at radius 1 is 1.50 bits per heavy atom. The summed E-state index contributed by atoms with van der Waals surface area (Å²) < 4.78 is 0. The SMILES string of the molecule is CCCN(CC(=O)NC)c1nc(C)cc(C)c1C(N)=S. The van der Waals surface area contributed by atoms with Crippen LogP contribution in [0, 0.1) is 13.8 Å². The quantitative estimate of drug-likeness (QED) is 0.774. The lowest BCUT2D eigenvalue weighted by Crippen LogP contribution is -2.38. The summed E-state index contributed by atoms with van der Waals surface area (Å²) >= 11 is 5.14. The first-order valence-electron chi connectivity index (χ1n) is 6.64. The molecule has 0 radical (unpaired) electrons. The van der Waals surface area contributed by atoms with Crippen LogP contribution in [-0.4, -0.2) is 36.0 Å². The molecule has 1 rings (SSSR count). The van der Waals surface area contributed by atoms with Gasteiger partial charge in [-0.05, 0) is 31.9 Å². The Morgan fingerprint density at radius 3 is 2.65 bits per heavy atom. The molecule has 0 spiro atoms. The van der Waals surface area contributed by atoms with E-state index in [4.69, 9.17) is 18.0 Å². The smallest absolute Gasteiger partial charge is 0.239 e. The maximum atomic E-state index is 11.7. The highest BCUT2D eigenvalue weighted by Gasteiger charge is 2.19. The van der Waals surface area contributed by atoms with E-state index >= 15 is 0 Å². The van der Waals surface area contributed by atoms with Crippen LogP contribution in [0.5, 0.6) is 0 Å². The Morgan fingerprint density at radius 2 is 2.15 bits per heavy atom. The first-order chi connectivity index (χ1) is 9.40. The van der Waals surface area contributed by atoms with Gasteiger partial charge in [0.05, 0.1) is 12.1 Å². The van der Waals surface area contributed by atoms with Crippen LogP contribution in [0.25, 0.3) is 0 Å². The maximum Gasteiger partial charge on any atom is 0.239 e. The number of carbonyl (C=O) groups excluding carboxylic acids is 1. The Bertz CT molecular complexity index is 516. The van der Waals surface area contributed by atoms with Crippen molar-refractivity contribution in [3.05, 3.63) is 22.9 Å². The monoisotopic (exact) mass is 294 g/mol. The normalized spacial score (nSPS) is 10.2. The van der Waals surface area contributed by atoms with Gasteiger partial charge >= 0.3 is 0 Å². The molecule has 0 unspecified atom stereocenters. The molecule has 1 aromatic rings. The van der Waals surface area contributed by atoms with Crippen molar-refractivity contribution in [1.82, 2.24) is 10.3 Å². The largest absolute Gasteiger partial charge is 0.389 e. The molecule has 110 valence electrons. The number of anilines is 1. The topological polar surface area (TPSA) is 71.2 Å². The van der Waals surface area contributed by atoms with Crippen LogP contribution >= 0.6 is 12.2 Å². The van der Waals surface area contributed by atoms with Gasteiger partial charge in [0.1, 0.15) is 10.8 Å². The van der Waals surface area contributed by atoms with Crippen LogP contribution in [0.4, 0.5) is 5.82 Å². The molecule has 3 N–H and O–H groups in total. The minimum Gasteiger partial charge on any atom is -0.389 e. The molecule has 5 nitrogen and oxygen atoms in total. The summed E-state index contributed by atoms with van der Waals surface area (Å²) in [5, 5.41) is 2.63. The van der Waals surface area contributed by atoms with Crippen molar-refractivity contribution < 1.29 is 4.79 Å². The summed E-state index contributed by atoms with van der Waals surface area (Å²) in [6.45, 7) is 6.90. The number of pyridine rings is 1. The summed E-state index contributed by atoms with van der Waals surface area (Å²) in [5.41, 5.74) is 8.45. The number of nitrogens with one attached hydrogen (secondary N) is 1. The van der Waals surface area contributed by atoms with Gasteiger partial charge in [-0.15, -0.1) is 0 Å². The van der Waals surface area contributed by atoms with Crippen LogP contribution < -0.4 is 16.0 Å². The van der Waals surface area contributed by atoms with Crippen molar-refractivity contribution in [2.24, 2.45) is 5.73 Å². The Kier molecular flexibility index (Phi) is 5.88. The Labute approximate surface area is 125 Å². The van der Waals surface area contributed by atoms with E-state index < -0.39 is 0 Å². The molecule has 6 heteroatoms. The number of nitrogens with zero attached hydrogens (tertiary/aromatic N) is 2.